The maximum atomic E-state index is 13.6. The fourth-order valence-electron chi connectivity index (χ4n) is 5.68. The van der Waals surface area contributed by atoms with E-state index in [0.29, 0.717) is 24.9 Å². The summed E-state index contributed by atoms with van der Waals surface area (Å²) in [7, 11) is 4.40. The van der Waals surface area contributed by atoms with Gasteiger partial charge in [-0.25, -0.2) is 4.79 Å². The Hall–Kier alpha value is -2.54. The third kappa shape index (κ3) is 6.71. The third-order valence-corrected chi connectivity index (χ3v) is 8.44. The normalized spacial score (nSPS) is 24.0. The van der Waals surface area contributed by atoms with Crippen molar-refractivity contribution in [1.82, 2.24) is 15.1 Å². The van der Waals surface area contributed by atoms with Crippen LogP contribution < -0.4 is 10.2 Å². The molecule has 0 aromatic heterocycles. The fourth-order valence-corrected chi connectivity index (χ4v) is 5.68. The number of benzene rings is 1. The average Bonchev–Trinajstić information content (AvgIpc) is 3.60. The Balaban J connectivity index is 1.52. The molecule has 2 aliphatic heterocycles. The number of carbonyl (C=O) groups is 2. The molecular formula is C31H48N4O3. The second-order valence-corrected chi connectivity index (χ2v) is 12.9. The second-order valence-electron chi connectivity index (χ2n) is 12.9. The van der Waals surface area contributed by atoms with E-state index in [-0.39, 0.29) is 11.9 Å². The zero-order chi connectivity index (χ0) is 27.7. The summed E-state index contributed by atoms with van der Waals surface area (Å²) in [5, 5.41) is 3.25. The van der Waals surface area contributed by atoms with E-state index in [9.17, 15) is 9.59 Å². The topological polar surface area (TPSA) is 65.1 Å². The van der Waals surface area contributed by atoms with Gasteiger partial charge < -0.3 is 19.9 Å². The molecule has 1 aromatic carbocycles. The lowest BCUT2D eigenvalue weighted by atomic mass is 9.94. The quantitative estimate of drug-likeness (QED) is 0.503. The Morgan fingerprint density at radius 2 is 1.84 bits per heavy atom. The van der Waals surface area contributed by atoms with Gasteiger partial charge >= 0.3 is 6.09 Å². The highest BCUT2D eigenvalue weighted by molar-refractivity contribution is 5.90. The number of allylic oxidation sites excluding steroid dienone is 1. The minimum atomic E-state index is -0.922. The monoisotopic (exact) mass is 524 g/mol. The Morgan fingerprint density at radius 3 is 2.47 bits per heavy atom. The van der Waals surface area contributed by atoms with Crippen molar-refractivity contribution in [3.05, 3.63) is 35.4 Å². The van der Waals surface area contributed by atoms with Crippen LogP contribution in [0.25, 0.3) is 6.08 Å². The number of anilines is 1. The Kier molecular flexibility index (Phi) is 8.46. The van der Waals surface area contributed by atoms with Crippen LogP contribution in [0.15, 0.2) is 24.3 Å². The molecule has 0 bridgehead atoms. The van der Waals surface area contributed by atoms with Gasteiger partial charge in [0.1, 0.15) is 11.1 Å². The van der Waals surface area contributed by atoms with Crippen molar-refractivity contribution in [3.63, 3.8) is 0 Å². The third-order valence-electron chi connectivity index (χ3n) is 8.44. The van der Waals surface area contributed by atoms with Crippen LogP contribution in [-0.2, 0) is 9.53 Å². The summed E-state index contributed by atoms with van der Waals surface area (Å²) >= 11 is 0. The lowest BCUT2D eigenvalue weighted by molar-refractivity contribution is -0.131. The Bertz CT molecular complexity index is 1040. The zero-order valence-corrected chi connectivity index (χ0v) is 24.5. The van der Waals surface area contributed by atoms with Crippen molar-refractivity contribution in [2.24, 2.45) is 5.92 Å². The number of amides is 2. The second kappa shape index (κ2) is 11.3. The van der Waals surface area contributed by atoms with Crippen molar-refractivity contribution in [2.75, 3.05) is 38.6 Å². The predicted molar refractivity (Wildman–Crippen MR) is 154 cm³/mol. The minimum absolute atomic E-state index is 0.127. The maximum Gasteiger partial charge on any atom is 0.411 e. The number of nitrogens with zero attached hydrogens (tertiary/aromatic N) is 3. The summed E-state index contributed by atoms with van der Waals surface area (Å²) in [6.45, 7) is 12.2. The molecule has 1 N–H and O–H groups in total. The van der Waals surface area contributed by atoms with Gasteiger partial charge in [0.05, 0.1) is 6.04 Å². The van der Waals surface area contributed by atoms with Crippen LogP contribution in [0, 0.1) is 5.92 Å². The molecule has 2 saturated heterocycles. The molecule has 3 aliphatic rings. The molecule has 2 heterocycles. The van der Waals surface area contributed by atoms with Crippen molar-refractivity contribution in [2.45, 2.75) is 96.4 Å². The molecule has 2 atom stereocenters. The Morgan fingerprint density at radius 1 is 1.16 bits per heavy atom. The van der Waals surface area contributed by atoms with E-state index < -0.39 is 17.2 Å². The van der Waals surface area contributed by atoms with E-state index in [1.54, 1.807) is 4.90 Å². The highest BCUT2D eigenvalue weighted by Crippen LogP contribution is 2.35. The van der Waals surface area contributed by atoms with Gasteiger partial charge in [0.2, 0.25) is 5.91 Å². The number of carbonyl (C=O) groups excluding carboxylic acids is 2. The molecule has 2 amide bonds. The number of ether oxygens (including phenoxy) is 1. The number of nitrogens with one attached hydrogen (secondary N) is 1. The smallest absolute Gasteiger partial charge is 0.411 e. The molecule has 0 spiro atoms. The van der Waals surface area contributed by atoms with Gasteiger partial charge in [-0.2, -0.15) is 0 Å². The predicted octanol–water partition coefficient (Wildman–Crippen LogP) is 5.61. The van der Waals surface area contributed by atoms with E-state index in [2.05, 4.69) is 59.6 Å². The number of piperidine rings is 1. The first-order chi connectivity index (χ1) is 17.9. The van der Waals surface area contributed by atoms with Crippen LogP contribution in [0.5, 0.6) is 0 Å². The van der Waals surface area contributed by atoms with E-state index >= 15 is 0 Å². The maximum absolute atomic E-state index is 13.6. The van der Waals surface area contributed by atoms with E-state index in [1.165, 1.54) is 31.4 Å². The van der Waals surface area contributed by atoms with E-state index in [4.69, 9.17) is 4.74 Å². The van der Waals surface area contributed by atoms with Crippen molar-refractivity contribution in [1.29, 1.82) is 0 Å². The Labute approximate surface area is 229 Å². The molecule has 7 heteroatoms. The van der Waals surface area contributed by atoms with Gasteiger partial charge in [0.15, 0.2) is 0 Å². The molecule has 0 unspecified atom stereocenters. The number of likely N-dealkylation sites (tertiary alicyclic amines) is 2. The first kappa shape index (κ1) is 28.5. The molecule has 38 heavy (non-hydrogen) atoms. The first-order valence-electron chi connectivity index (χ1n) is 14.4. The lowest BCUT2D eigenvalue weighted by Gasteiger charge is -2.37. The summed E-state index contributed by atoms with van der Waals surface area (Å²) < 4.78 is 5.62. The van der Waals surface area contributed by atoms with Crippen LogP contribution in [0.4, 0.5) is 10.5 Å². The molecule has 0 radical (unpaired) electrons. The summed E-state index contributed by atoms with van der Waals surface area (Å²) in [6.07, 6.45) is 10.4. The number of rotatable bonds is 7. The molecule has 3 fully saturated rings. The number of hydrogen-bond acceptors (Lipinski definition) is 5. The van der Waals surface area contributed by atoms with Crippen molar-refractivity contribution in [3.8, 4) is 0 Å². The van der Waals surface area contributed by atoms with Crippen molar-refractivity contribution < 1.29 is 14.3 Å². The summed E-state index contributed by atoms with van der Waals surface area (Å²) in [5.74, 6) is 0.542. The highest BCUT2D eigenvalue weighted by Gasteiger charge is 2.47. The lowest BCUT2D eigenvalue weighted by Crippen LogP contribution is -2.56. The summed E-state index contributed by atoms with van der Waals surface area (Å²) in [4.78, 5) is 33.0. The van der Waals surface area contributed by atoms with Gasteiger partial charge in [-0.1, -0.05) is 18.2 Å². The van der Waals surface area contributed by atoms with Crippen LogP contribution in [0.1, 0.15) is 90.3 Å². The molecule has 7 nitrogen and oxygen atoms in total. The zero-order valence-electron chi connectivity index (χ0n) is 24.5. The highest BCUT2D eigenvalue weighted by atomic mass is 16.6. The van der Waals surface area contributed by atoms with Gasteiger partial charge in [0.25, 0.3) is 0 Å². The summed E-state index contributed by atoms with van der Waals surface area (Å²) in [5.41, 5.74) is 1.95. The van der Waals surface area contributed by atoms with Gasteiger partial charge in [0, 0.05) is 25.3 Å². The van der Waals surface area contributed by atoms with Gasteiger partial charge in [-0.05, 0) is 122 Å². The van der Waals surface area contributed by atoms with E-state index in [1.807, 2.05) is 34.6 Å². The standard InChI is InChI=1S/C31H48N4O3/c1-22(32-28(36)31(5)17-8-18-35(31)29(37)38-30(2,3)4)27-14-13-26(21-24(27)12-11-23-9-10-23)34(7)25-15-19-33(6)20-16-25/h11-14,21-23,25H,8-10,15-20H2,1-7H3,(H,32,36)/b12-11+/t22-,31-/m0/s1. The molecule has 4 rings (SSSR count). The average molecular weight is 525 g/mol. The molecule has 1 saturated carbocycles. The molecule has 1 aromatic rings. The molecule has 1 aliphatic carbocycles. The largest absolute Gasteiger partial charge is 0.444 e. The summed E-state index contributed by atoms with van der Waals surface area (Å²) in [6, 6.07) is 6.98. The van der Waals surface area contributed by atoms with Gasteiger partial charge in [-0.3, -0.25) is 9.69 Å². The van der Waals surface area contributed by atoms with Crippen LogP contribution in [0.3, 0.4) is 0 Å². The van der Waals surface area contributed by atoms with Gasteiger partial charge in [-0.15, -0.1) is 0 Å². The van der Waals surface area contributed by atoms with Crippen LogP contribution in [-0.4, -0.2) is 72.7 Å². The number of hydrogen-bond donors (Lipinski definition) is 1. The first-order valence-corrected chi connectivity index (χ1v) is 14.4. The SMILES string of the molecule is C[C@H](NC(=O)[C@]1(C)CCCN1C(=O)OC(C)(C)C)c1ccc(N(C)C2CCN(C)CC2)cc1/C=C/C1CC1. The van der Waals surface area contributed by atoms with E-state index in [0.717, 1.165) is 30.6 Å². The van der Waals surface area contributed by atoms with Crippen molar-refractivity contribution >= 4 is 23.8 Å². The molecular weight excluding hydrogens is 476 g/mol. The minimum Gasteiger partial charge on any atom is -0.444 e. The van der Waals surface area contributed by atoms with Crippen LogP contribution in [0.2, 0.25) is 0 Å². The van der Waals surface area contributed by atoms with Crippen LogP contribution >= 0.6 is 0 Å². The fraction of sp³-hybridized carbons (Fsp3) is 0.677. The molecule has 210 valence electrons.